The number of hydrogen-bond donors (Lipinski definition) is 2. The maximum Gasteiger partial charge on any atom is 0.208 e. The second kappa shape index (κ2) is 3.51. The fourth-order valence-electron chi connectivity index (χ4n) is 1.16. The normalized spacial score (nSPS) is 25.7. The third kappa shape index (κ3) is 3.69. The highest BCUT2D eigenvalue weighted by Crippen LogP contribution is 2.05. The van der Waals surface area contributed by atoms with Crippen LogP contribution in [0.15, 0.2) is 0 Å². The molecule has 0 spiro atoms. The highest BCUT2D eigenvalue weighted by molar-refractivity contribution is 7.88. The third-order valence-electron chi connectivity index (χ3n) is 1.80. The molecule has 0 bridgehead atoms. The molecule has 0 aromatic carbocycles. The van der Waals surface area contributed by atoms with E-state index in [9.17, 15) is 8.42 Å². The number of hydrogen-bond acceptors (Lipinski definition) is 3. The lowest BCUT2D eigenvalue weighted by molar-refractivity contribution is 0.542. The van der Waals surface area contributed by atoms with Gasteiger partial charge >= 0.3 is 0 Å². The summed E-state index contributed by atoms with van der Waals surface area (Å²) in [5.41, 5.74) is 0. The summed E-state index contributed by atoms with van der Waals surface area (Å²) in [6.07, 6.45) is 2.26. The summed E-state index contributed by atoms with van der Waals surface area (Å²) < 4.78 is 23.8. The summed E-state index contributed by atoms with van der Waals surface area (Å²) in [6.45, 7) is 2.52. The Kier molecular flexibility index (Phi) is 2.86. The molecule has 0 unspecified atom stereocenters. The van der Waals surface area contributed by atoms with Crippen molar-refractivity contribution in [1.82, 2.24) is 10.0 Å². The van der Waals surface area contributed by atoms with Gasteiger partial charge in [0.15, 0.2) is 0 Å². The van der Waals surface area contributed by atoms with Crippen LogP contribution in [-0.2, 0) is 10.0 Å². The van der Waals surface area contributed by atoms with E-state index < -0.39 is 10.0 Å². The van der Waals surface area contributed by atoms with Crippen molar-refractivity contribution in [2.75, 3.05) is 25.9 Å². The molecule has 0 saturated carbocycles. The Morgan fingerprint density at radius 1 is 1.64 bits per heavy atom. The van der Waals surface area contributed by atoms with Crippen LogP contribution in [-0.4, -0.2) is 34.3 Å². The van der Waals surface area contributed by atoms with Crippen LogP contribution in [0, 0.1) is 5.92 Å². The van der Waals surface area contributed by atoms with Crippen molar-refractivity contribution >= 4 is 10.0 Å². The maximum absolute atomic E-state index is 10.7. The van der Waals surface area contributed by atoms with Crippen LogP contribution in [0.1, 0.15) is 6.42 Å². The quantitative estimate of drug-likeness (QED) is 0.591. The van der Waals surface area contributed by atoms with Crippen molar-refractivity contribution in [3.63, 3.8) is 0 Å². The summed E-state index contributed by atoms with van der Waals surface area (Å²) in [6, 6.07) is 0. The van der Waals surface area contributed by atoms with Gasteiger partial charge in [0.2, 0.25) is 10.0 Å². The lowest BCUT2D eigenvalue weighted by atomic mass is 10.1. The zero-order chi connectivity index (χ0) is 8.32. The van der Waals surface area contributed by atoms with Crippen molar-refractivity contribution in [2.45, 2.75) is 6.42 Å². The minimum Gasteiger partial charge on any atom is -0.316 e. The molecular weight excluding hydrogens is 164 g/mol. The minimum atomic E-state index is -2.99. The van der Waals surface area contributed by atoms with Crippen LogP contribution in [0.25, 0.3) is 0 Å². The average Bonchev–Trinajstić information content (AvgIpc) is 2.32. The second-order valence-corrected chi connectivity index (χ2v) is 4.81. The SMILES string of the molecule is CS(=O)(=O)NC[C@@H]1CCNC1. The number of rotatable bonds is 3. The van der Waals surface area contributed by atoms with E-state index in [4.69, 9.17) is 0 Å². The van der Waals surface area contributed by atoms with Crippen molar-refractivity contribution < 1.29 is 8.42 Å². The van der Waals surface area contributed by atoms with E-state index in [1.165, 1.54) is 6.26 Å². The molecule has 4 nitrogen and oxygen atoms in total. The lowest BCUT2D eigenvalue weighted by Crippen LogP contribution is -2.29. The molecule has 0 radical (unpaired) electrons. The zero-order valence-electron chi connectivity index (χ0n) is 6.63. The molecule has 1 aliphatic heterocycles. The molecular formula is C6H14N2O2S. The average molecular weight is 178 g/mol. The Bertz CT molecular complexity index is 207. The van der Waals surface area contributed by atoms with Gasteiger partial charge in [0.05, 0.1) is 6.26 Å². The Hall–Kier alpha value is -0.130. The van der Waals surface area contributed by atoms with Gasteiger partial charge in [0.25, 0.3) is 0 Å². The van der Waals surface area contributed by atoms with Crippen LogP contribution >= 0.6 is 0 Å². The zero-order valence-corrected chi connectivity index (χ0v) is 7.45. The summed E-state index contributed by atoms with van der Waals surface area (Å²) >= 11 is 0. The number of nitrogens with one attached hydrogen (secondary N) is 2. The molecule has 1 heterocycles. The largest absolute Gasteiger partial charge is 0.316 e. The topological polar surface area (TPSA) is 58.2 Å². The van der Waals surface area contributed by atoms with E-state index in [-0.39, 0.29) is 0 Å². The van der Waals surface area contributed by atoms with E-state index in [1.54, 1.807) is 0 Å². The first-order chi connectivity index (χ1) is 5.08. The summed E-state index contributed by atoms with van der Waals surface area (Å²) in [5, 5.41) is 3.17. The van der Waals surface area contributed by atoms with Gasteiger partial charge in [0, 0.05) is 6.54 Å². The van der Waals surface area contributed by atoms with Crippen LogP contribution in [0.3, 0.4) is 0 Å². The van der Waals surface area contributed by atoms with Crippen molar-refractivity contribution in [1.29, 1.82) is 0 Å². The first kappa shape index (κ1) is 8.96. The van der Waals surface area contributed by atoms with E-state index >= 15 is 0 Å². The van der Waals surface area contributed by atoms with E-state index in [0.717, 1.165) is 19.5 Å². The van der Waals surface area contributed by atoms with Crippen molar-refractivity contribution in [3.8, 4) is 0 Å². The van der Waals surface area contributed by atoms with E-state index in [0.29, 0.717) is 12.5 Å². The van der Waals surface area contributed by atoms with Crippen LogP contribution in [0.2, 0.25) is 0 Å². The molecule has 11 heavy (non-hydrogen) atoms. The molecule has 0 aromatic rings. The predicted octanol–water partition coefficient (Wildman–Crippen LogP) is -0.855. The summed E-state index contributed by atoms with van der Waals surface area (Å²) in [7, 11) is -2.99. The van der Waals surface area contributed by atoms with Crippen LogP contribution in [0.5, 0.6) is 0 Å². The Labute approximate surface area is 67.4 Å². The molecule has 5 heteroatoms. The fourth-order valence-corrected chi connectivity index (χ4v) is 1.70. The van der Waals surface area contributed by atoms with Gasteiger partial charge in [-0.15, -0.1) is 0 Å². The van der Waals surface area contributed by atoms with Gasteiger partial charge < -0.3 is 5.32 Å². The predicted molar refractivity (Wildman–Crippen MR) is 43.8 cm³/mol. The molecule has 2 N–H and O–H groups in total. The molecule has 1 fully saturated rings. The standard InChI is InChI=1S/C6H14N2O2S/c1-11(9,10)8-5-6-2-3-7-4-6/h6-8H,2-5H2,1H3/t6-/m1/s1. The van der Waals surface area contributed by atoms with Gasteiger partial charge in [-0.05, 0) is 25.4 Å². The Balaban J connectivity index is 2.22. The summed E-state index contributed by atoms with van der Waals surface area (Å²) in [5.74, 6) is 0.477. The molecule has 1 rings (SSSR count). The molecule has 1 atom stereocenters. The third-order valence-corrected chi connectivity index (χ3v) is 2.49. The Morgan fingerprint density at radius 2 is 2.36 bits per heavy atom. The smallest absolute Gasteiger partial charge is 0.208 e. The van der Waals surface area contributed by atoms with E-state index in [1.807, 2.05) is 0 Å². The van der Waals surface area contributed by atoms with Gasteiger partial charge in [0.1, 0.15) is 0 Å². The molecule has 0 aliphatic carbocycles. The maximum atomic E-state index is 10.7. The number of sulfonamides is 1. The fraction of sp³-hybridized carbons (Fsp3) is 1.00. The van der Waals surface area contributed by atoms with Crippen molar-refractivity contribution in [2.24, 2.45) is 5.92 Å². The molecule has 1 saturated heterocycles. The van der Waals surface area contributed by atoms with Gasteiger partial charge in [-0.1, -0.05) is 0 Å². The van der Waals surface area contributed by atoms with Crippen LogP contribution in [0.4, 0.5) is 0 Å². The van der Waals surface area contributed by atoms with Gasteiger partial charge in [-0.2, -0.15) is 0 Å². The molecule has 1 aliphatic rings. The highest BCUT2D eigenvalue weighted by atomic mass is 32.2. The van der Waals surface area contributed by atoms with E-state index in [2.05, 4.69) is 10.0 Å². The second-order valence-electron chi connectivity index (χ2n) is 2.98. The minimum absolute atomic E-state index is 0.477. The molecule has 0 aromatic heterocycles. The first-order valence-electron chi connectivity index (χ1n) is 3.73. The van der Waals surface area contributed by atoms with Crippen molar-refractivity contribution in [3.05, 3.63) is 0 Å². The first-order valence-corrected chi connectivity index (χ1v) is 5.62. The monoisotopic (exact) mass is 178 g/mol. The lowest BCUT2D eigenvalue weighted by Gasteiger charge is -2.07. The van der Waals surface area contributed by atoms with Gasteiger partial charge in [-0.25, -0.2) is 13.1 Å². The highest BCUT2D eigenvalue weighted by Gasteiger charge is 2.15. The molecule has 66 valence electrons. The summed E-state index contributed by atoms with van der Waals surface area (Å²) in [4.78, 5) is 0. The Morgan fingerprint density at radius 3 is 2.82 bits per heavy atom. The van der Waals surface area contributed by atoms with Gasteiger partial charge in [-0.3, -0.25) is 0 Å². The molecule has 0 amide bonds. The van der Waals surface area contributed by atoms with Crippen LogP contribution < -0.4 is 10.0 Å².